The molecule has 1 heterocycles. The second-order valence-electron chi connectivity index (χ2n) is 4.39. The van der Waals surface area contributed by atoms with Gasteiger partial charge in [-0.3, -0.25) is 9.48 Å². The highest BCUT2D eigenvalue weighted by atomic mass is 16.4. The van der Waals surface area contributed by atoms with Crippen molar-refractivity contribution in [3.05, 3.63) is 53.9 Å². The number of hydrogen-bond donors (Lipinski definition) is 2. The summed E-state index contributed by atoms with van der Waals surface area (Å²) in [6.07, 6.45) is 1.72. The van der Waals surface area contributed by atoms with E-state index in [1.54, 1.807) is 7.05 Å². The van der Waals surface area contributed by atoms with Crippen LogP contribution in [0.15, 0.2) is 42.6 Å². The summed E-state index contributed by atoms with van der Waals surface area (Å²) in [7, 11) is 1.63. The summed E-state index contributed by atoms with van der Waals surface area (Å²) >= 11 is 0. The number of carbonyl (C=O) groups excluding carboxylic acids is 1. The number of carboxylic acid groups (broad SMARTS) is 1. The van der Waals surface area contributed by atoms with Gasteiger partial charge in [-0.1, -0.05) is 30.3 Å². The van der Waals surface area contributed by atoms with Crippen molar-refractivity contribution in [1.29, 1.82) is 0 Å². The molecule has 0 bridgehead atoms. The van der Waals surface area contributed by atoms with Crippen molar-refractivity contribution >= 4 is 11.9 Å². The highest BCUT2D eigenvalue weighted by molar-refractivity contribution is 5.95. The van der Waals surface area contributed by atoms with Gasteiger partial charge in [-0.15, -0.1) is 0 Å². The average Bonchev–Trinajstić information content (AvgIpc) is 2.85. The van der Waals surface area contributed by atoms with Crippen molar-refractivity contribution < 1.29 is 14.7 Å². The van der Waals surface area contributed by atoms with Gasteiger partial charge >= 0.3 is 5.97 Å². The Balaban J connectivity index is 2.09. The lowest BCUT2D eigenvalue weighted by molar-refractivity contribution is -0.139. The first kappa shape index (κ1) is 13.8. The molecule has 0 unspecified atom stereocenters. The third kappa shape index (κ3) is 3.23. The van der Waals surface area contributed by atoms with Crippen molar-refractivity contribution in [3.8, 4) is 0 Å². The second-order valence-corrected chi connectivity index (χ2v) is 4.39. The zero-order chi connectivity index (χ0) is 14.5. The zero-order valence-electron chi connectivity index (χ0n) is 11.0. The van der Waals surface area contributed by atoms with E-state index in [0.717, 1.165) is 5.56 Å². The maximum Gasteiger partial charge on any atom is 0.326 e. The van der Waals surface area contributed by atoms with Gasteiger partial charge in [0.05, 0.1) is 0 Å². The van der Waals surface area contributed by atoms with E-state index in [1.807, 2.05) is 30.3 Å². The summed E-state index contributed by atoms with van der Waals surface area (Å²) < 4.78 is 1.40. The molecule has 0 spiro atoms. The van der Waals surface area contributed by atoms with Crippen molar-refractivity contribution in [2.24, 2.45) is 7.05 Å². The van der Waals surface area contributed by atoms with E-state index < -0.39 is 17.9 Å². The van der Waals surface area contributed by atoms with Crippen molar-refractivity contribution in [3.63, 3.8) is 0 Å². The number of nitrogens with one attached hydrogen (secondary N) is 1. The van der Waals surface area contributed by atoms with Crippen LogP contribution in [0.1, 0.15) is 16.1 Å². The minimum atomic E-state index is -1.07. The molecule has 104 valence electrons. The third-order valence-electron chi connectivity index (χ3n) is 2.94. The number of carbonyl (C=O) groups is 2. The van der Waals surface area contributed by atoms with Crippen LogP contribution in [-0.2, 0) is 18.3 Å². The molecule has 2 aromatic rings. The fourth-order valence-electron chi connectivity index (χ4n) is 1.88. The minimum absolute atomic E-state index is 0.236. The fourth-order valence-corrected chi connectivity index (χ4v) is 1.88. The summed E-state index contributed by atoms with van der Waals surface area (Å²) in [4.78, 5) is 23.3. The van der Waals surface area contributed by atoms with E-state index in [9.17, 15) is 14.7 Å². The fraction of sp³-hybridized carbons (Fsp3) is 0.214. The molecule has 0 saturated carbocycles. The lowest BCUT2D eigenvalue weighted by atomic mass is 10.1. The molecule has 2 N–H and O–H groups in total. The van der Waals surface area contributed by atoms with Gasteiger partial charge in [0.2, 0.25) is 0 Å². The van der Waals surface area contributed by atoms with Gasteiger partial charge in [0.25, 0.3) is 5.91 Å². The summed E-state index contributed by atoms with van der Waals surface area (Å²) in [6.45, 7) is 0. The number of nitrogens with zero attached hydrogens (tertiary/aromatic N) is 2. The predicted octanol–water partition coefficient (Wildman–Crippen LogP) is 0.846. The van der Waals surface area contributed by atoms with Gasteiger partial charge in [-0.25, -0.2) is 4.79 Å². The molecule has 6 nitrogen and oxygen atoms in total. The number of rotatable bonds is 5. The first-order valence-electron chi connectivity index (χ1n) is 6.13. The van der Waals surface area contributed by atoms with Crippen LogP contribution in [0.25, 0.3) is 0 Å². The molecule has 1 aromatic heterocycles. The lowest BCUT2D eigenvalue weighted by Gasteiger charge is -2.14. The third-order valence-corrected chi connectivity index (χ3v) is 2.94. The quantitative estimate of drug-likeness (QED) is 0.845. The molecule has 6 heteroatoms. The summed E-state index contributed by atoms with van der Waals surface area (Å²) in [5.41, 5.74) is 1.18. The highest BCUT2D eigenvalue weighted by Crippen LogP contribution is 2.05. The molecule has 0 aliphatic carbocycles. The molecule has 0 aliphatic heterocycles. The van der Waals surface area contributed by atoms with E-state index in [4.69, 9.17) is 0 Å². The van der Waals surface area contributed by atoms with Crippen molar-refractivity contribution in [2.75, 3.05) is 0 Å². The van der Waals surface area contributed by atoms with E-state index in [1.165, 1.54) is 16.9 Å². The Labute approximate surface area is 116 Å². The Kier molecular flexibility index (Phi) is 4.14. The normalized spacial score (nSPS) is 11.8. The molecular formula is C14H15N3O3. The van der Waals surface area contributed by atoms with E-state index in [-0.39, 0.29) is 6.42 Å². The first-order valence-corrected chi connectivity index (χ1v) is 6.13. The number of hydrogen-bond acceptors (Lipinski definition) is 3. The van der Waals surface area contributed by atoms with Gasteiger partial charge in [-0.2, -0.15) is 5.10 Å². The Morgan fingerprint density at radius 3 is 2.55 bits per heavy atom. The van der Waals surface area contributed by atoms with E-state index in [2.05, 4.69) is 10.4 Å². The molecule has 1 amide bonds. The number of carboxylic acids is 1. The number of benzene rings is 1. The van der Waals surface area contributed by atoms with Gasteiger partial charge in [0, 0.05) is 19.7 Å². The number of aryl methyl sites for hydroxylation is 1. The van der Waals surface area contributed by atoms with Crippen LogP contribution in [-0.4, -0.2) is 32.8 Å². The number of aromatic nitrogens is 2. The van der Waals surface area contributed by atoms with Gasteiger partial charge in [0.1, 0.15) is 11.7 Å². The van der Waals surface area contributed by atoms with Crippen LogP contribution in [0, 0.1) is 0 Å². The van der Waals surface area contributed by atoms with Crippen molar-refractivity contribution in [1.82, 2.24) is 15.1 Å². The number of aliphatic carboxylic acids is 1. The molecular weight excluding hydrogens is 258 g/mol. The first-order chi connectivity index (χ1) is 9.58. The van der Waals surface area contributed by atoms with Crippen LogP contribution >= 0.6 is 0 Å². The second kappa shape index (κ2) is 6.01. The van der Waals surface area contributed by atoms with Gasteiger partial charge in [-0.05, 0) is 11.6 Å². The Morgan fingerprint density at radius 2 is 2.00 bits per heavy atom. The van der Waals surface area contributed by atoms with Crippen molar-refractivity contribution in [2.45, 2.75) is 12.5 Å². The molecule has 0 aliphatic rings. The molecule has 1 aromatic carbocycles. The molecule has 0 fully saturated rings. The monoisotopic (exact) mass is 273 g/mol. The summed E-state index contributed by atoms with van der Waals surface area (Å²) in [5, 5.41) is 15.6. The maximum atomic E-state index is 12.0. The standard InChI is InChI=1S/C14H15N3O3/c1-17-12(7-8-15-17)13(18)16-11(14(19)20)9-10-5-3-2-4-6-10/h2-8,11H,9H2,1H3,(H,16,18)(H,19,20)/t11-/m0/s1. The predicted molar refractivity (Wildman–Crippen MR) is 72.2 cm³/mol. The lowest BCUT2D eigenvalue weighted by Crippen LogP contribution is -2.42. The molecule has 2 rings (SSSR count). The smallest absolute Gasteiger partial charge is 0.326 e. The Bertz CT molecular complexity index is 607. The van der Waals surface area contributed by atoms with E-state index in [0.29, 0.717) is 5.69 Å². The van der Waals surface area contributed by atoms with Crippen LogP contribution in [0.4, 0.5) is 0 Å². The largest absolute Gasteiger partial charge is 0.480 e. The minimum Gasteiger partial charge on any atom is -0.480 e. The summed E-state index contributed by atoms with van der Waals surface area (Å²) in [6, 6.07) is 9.73. The van der Waals surface area contributed by atoms with E-state index >= 15 is 0 Å². The zero-order valence-corrected chi connectivity index (χ0v) is 11.0. The topological polar surface area (TPSA) is 84.2 Å². The highest BCUT2D eigenvalue weighted by Gasteiger charge is 2.22. The average molecular weight is 273 g/mol. The van der Waals surface area contributed by atoms with Crippen LogP contribution in [0.2, 0.25) is 0 Å². The summed E-state index contributed by atoms with van der Waals surface area (Å²) in [5.74, 6) is -1.52. The van der Waals surface area contributed by atoms with Gasteiger partial charge in [0.15, 0.2) is 0 Å². The van der Waals surface area contributed by atoms with Crippen LogP contribution in [0.5, 0.6) is 0 Å². The molecule has 20 heavy (non-hydrogen) atoms. The van der Waals surface area contributed by atoms with Gasteiger partial charge < -0.3 is 10.4 Å². The number of amides is 1. The molecule has 1 atom stereocenters. The Hall–Kier alpha value is -2.63. The molecule has 0 saturated heterocycles. The van der Waals surface area contributed by atoms with Crippen LogP contribution in [0.3, 0.4) is 0 Å². The Morgan fingerprint density at radius 1 is 1.30 bits per heavy atom. The SMILES string of the molecule is Cn1nccc1C(=O)N[C@@H](Cc1ccccc1)C(=O)O. The van der Waals surface area contributed by atoms with Crippen LogP contribution < -0.4 is 5.32 Å². The molecule has 0 radical (unpaired) electrons. The maximum absolute atomic E-state index is 12.0.